The molecule has 1 heterocycles. The second-order valence-electron chi connectivity index (χ2n) is 15.9. The second kappa shape index (κ2) is 8.12. The molecule has 0 N–H and O–H groups in total. The fourth-order valence-corrected chi connectivity index (χ4v) is 70.8. The molecule has 0 aromatic carbocycles. The smallest absolute Gasteiger partial charge is 0.0526 e. The first-order valence-electron chi connectivity index (χ1n) is 12.1. The van der Waals surface area contributed by atoms with Crippen molar-refractivity contribution >= 4 is 48.4 Å². The van der Waals surface area contributed by atoms with E-state index in [1.807, 2.05) is 5.57 Å². The quantitative estimate of drug-likeness (QED) is 0.241. The van der Waals surface area contributed by atoms with Gasteiger partial charge < -0.3 is 0 Å². The van der Waals surface area contributed by atoms with E-state index in [0.29, 0.717) is 0 Å². The van der Waals surface area contributed by atoms with Crippen LogP contribution in [0.15, 0.2) is 11.6 Å². The minimum Gasteiger partial charge on any atom is -0.0862 e. The van der Waals surface area contributed by atoms with Crippen molar-refractivity contribution in [1.82, 2.24) is 0 Å². The first kappa shape index (κ1) is 28.1. The van der Waals surface area contributed by atoms with Crippen LogP contribution in [0, 0.1) is 0 Å². The molecule has 0 atom stereocenters. The molecule has 0 radical (unpaired) electrons. The van der Waals surface area contributed by atoms with Crippen LogP contribution in [0.1, 0.15) is 6.42 Å². The largest absolute Gasteiger partial charge is 0.0862 e. The molecular formula is C23H56Si6. The van der Waals surface area contributed by atoms with Gasteiger partial charge in [-0.05, 0) is 22.8 Å². The summed E-state index contributed by atoms with van der Waals surface area (Å²) >= 11 is 0. The third-order valence-electron chi connectivity index (χ3n) is 8.28. The molecule has 172 valence electrons. The zero-order valence-electron chi connectivity index (χ0n) is 23.3. The Morgan fingerprint density at radius 3 is 1.41 bits per heavy atom. The van der Waals surface area contributed by atoms with Crippen LogP contribution in [0.4, 0.5) is 0 Å². The standard InChI is InChI=1S/C23H56Si6/c1-24(2,3)22(25(4,5)6)28(13,14)19-21-17-18-23(26(7,8)9,27(10,11)12)29(15,16)20-21/h17,22H,18-20H2,1-16H3. The molecule has 0 saturated carbocycles. The van der Waals surface area contributed by atoms with Gasteiger partial charge >= 0.3 is 0 Å². The summed E-state index contributed by atoms with van der Waals surface area (Å²) < 4.78 is 0.735. The van der Waals surface area contributed by atoms with Gasteiger partial charge in [0.15, 0.2) is 0 Å². The highest BCUT2D eigenvalue weighted by Gasteiger charge is 2.62. The summed E-state index contributed by atoms with van der Waals surface area (Å²) in [6, 6.07) is 3.00. The average molecular weight is 501 g/mol. The molecule has 0 unspecified atom stereocenters. The Kier molecular flexibility index (Phi) is 7.86. The van der Waals surface area contributed by atoms with Crippen LogP contribution in [0.2, 0.25) is 126 Å². The summed E-state index contributed by atoms with van der Waals surface area (Å²) in [5, 5.41) is 0. The van der Waals surface area contributed by atoms with Crippen molar-refractivity contribution in [3.05, 3.63) is 11.6 Å². The normalized spacial score (nSPS) is 21.3. The highest BCUT2D eigenvalue weighted by atomic mass is 28.5. The van der Waals surface area contributed by atoms with Crippen LogP contribution in [0.5, 0.6) is 0 Å². The van der Waals surface area contributed by atoms with E-state index in [-0.39, 0.29) is 0 Å². The summed E-state index contributed by atoms with van der Waals surface area (Å²) in [6.07, 6.45) is 4.26. The van der Waals surface area contributed by atoms with E-state index in [4.69, 9.17) is 0 Å². The van der Waals surface area contributed by atoms with Gasteiger partial charge in [0.05, 0.1) is 8.07 Å². The first-order valence-corrected chi connectivity index (χ1v) is 32.7. The minimum absolute atomic E-state index is 0.735. The molecule has 0 aromatic heterocycles. The van der Waals surface area contributed by atoms with Gasteiger partial charge in [-0.15, -0.1) is 0 Å². The number of hydrogen-bond donors (Lipinski definition) is 0. The van der Waals surface area contributed by atoms with Crippen molar-refractivity contribution in [2.45, 2.75) is 132 Å². The Morgan fingerprint density at radius 1 is 0.759 bits per heavy atom. The average Bonchev–Trinajstić information content (AvgIpc) is 2.27. The van der Waals surface area contributed by atoms with Crippen LogP contribution in [-0.2, 0) is 0 Å². The molecule has 0 fully saturated rings. The molecule has 1 aliphatic rings. The van der Waals surface area contributed by atoms with Crippen molar-refractivity contribution in [1.29, 1.82) is 0 Å². The van der Waals surface area contributed by atoms with Gasteiger partial charge in [0.2, 0.25) is 0 Å². The molecule has 0 aliphatic carbocycles. The fraction of sp³-hybridized carbons (Fsp3) is 0.913. The molecule has 0 saturated heterocycles. The lowest BCUT2D eigenvalue weighted by atomic mass is 10.2. The van der Waals surface area contributed by atoms with Crippen molar-refractivity contribution in [2.75, 3.05) is 0 Å². The van der Waals surface area contributed by atoms with Crippen molar-refractivity contribution in [3.63, 3.8) is 0 Å². The van der Waals surface area contributed by atoms with Crippen LogP contribution in [-0.4, -0.2) is 48.4 Å². The second-order valence-corrected chi connectivity index (χ2v) is 50.3. The molecule has 1 rings (SSSR count). The van der Waals surface area contributed by atoms with Gasteiger partial charge in [0.25, 0.3) is 0 Å². The van der Waals surface area contributed by atoms with Crippen LogP contribution < -0.4 is 0 Å². The molecule has 0 spiro atoms. The van der Waals surface area contributed by atoms with Crippen molar-refractivity contribution < 1.29 is 0 Å². The molecule has 6 heteroatoms. The number of allylic oxidation sites excluding steroid dienone is 2. The predicted molar refractivity (Wildman–Crippen MR) is 157 cm³/mol. The molecule has 0 amide bonds. The zero-order valence-corrected chi connectivity index (χ0v) is 29.3. The summed E-state index contributed by atoms with van der Waals surface area (Å²) in [5.74, 6) is 0. The van der Waals surface area contributed by atoms with Gasteiger partial charge in [-0.3, -0.25) is 0 Å². The Bertz CT molecular complexity index is 590. The molecule has 0 nitrogen and oxygen atoms in total. The Balaban J connectivity index is 3.40. The molecule has 1 aliphatic heterocycles. The summed E-state index contributed by atoms with van der Waals surface area (Å²) in [7, 11) is -7.40. The van der Waals surface area contributed by atoms with Crippen molar-refractivity contribution in [3.8, 4) is 0 Å². The Morgan fingerprint density at radius 2 is 1.14 bits per heavy atom. The molecule has 0 bridgehead atoms. The van der Waals surface area contributed by atoms with E-state index < -0.39 is 48.4 Å². The van der Waals surface area contributed by atoms with Crippen LogP contribution >= 0.6 is 0 Å². The lowest BCUT2D eigenvalue weighted by Crippen LogP contribution is -2.67. The third-order valence-corrected chi connectivity index (χ3v) is 52.2. The van der Waals surface area contributed by atoms with Gasteiger partial charge in [-0.2, -0.15) is 0 Å². The third kappa shape index (κ3) is 5.52. The highest BCUT2D eigenvalue weighted by molar-refractivity contribution is 7.16. The first-order chi connectivity index (χ1) is 12.4. The van der Waals surface area contributed by atoms with E-state index in [1.54, 1.807) is 0 Å². The fourth-order valence-electron chi connectivity index (χ4n) is 9.60. The molecule has 29 heavy (non-hydrogen) atoms. The maximum absolute atomic E-state index is 2.83. The molecule has 0 aromatic rings. The van der Waals surface area contributed by atoms with E-state index in [1.165, 1.54) is 18.5 Å². The van der Waals surface area contributed by atoms with E-state index in [9.17, 15) is 0 Å². The highest BCUT2D eigenvalue weighted by Crippen LogP contribution is 2.61. The number of rotatable bonds is 7. The van der Waals surface area contributed by atoms with Gasteiger partial charge in [0, 0.05) is 40.4 Å². The van der Waals surface area contributed by atoms with Crippen LogP contribution in [0.25, 0.3) is 0 Å². The maximum atomic E-state index is 2.83. The molecular weight excluding hydrogens is 445 g/mol. The maximum Gasteiger partial charge on any atom is 0.0526 e. The SMILES string of the molecule is C[Si](C)(C)C([Si](C)(C)C)[Si](C)(C)CC1=CCC([Si](C)(C)C)([Si](C)(C)C)[Si](C)(C)C1. The topological polar surface area (TPSA) is 0 Å². The minimum atomic E-state index is -1.33. The van der Waals surface area contributed by atoms with Gasteiger partial charge in [-0.25, -0.2) is 0 Å². The monoisotopic (exact) mass is 500 g/mol. The lowest BCUT2D eigenvalue weighted by Gasteiger charge is -2.62. The van der Waals surface area contributed by atoms with Crippen LogP contribution in [0.3, 0.4) is 0 Å². The summed E-state index contributed by atoms with van der Waals surface area (Å²) in [4.78, 5) is 1.11. The van der Waals surface area contributed by atoms with Gasteiger partial charge in [-0.1, -0.05) is 121 Å². The van der Waals surface area contributed by atoms with E-state index >= 15 is 0 Å². The summed E-state index contributed by atoms with van der Waals surface area (Å²) in [5.41, 5.74) is 1.91. The Hall–Kier alpha value is 1.04. The lowest BCUT2D eigenvalue weighted by molar-refractivity contribution is 0.859. The zero-order chi connectivity index (χ0) is 23.5. The van der Waals surface area contributed by atoms with Crippen molar-refractivity contribution in [2.24, 2.45) is 0 Å². The predicted octanol–water partition coefficient (Wildman–Crippen LogP) is 9.35. The van der Waals surface area contributed by atoms with Gasteiger partial charge in [0.1, 0.15) is 0 Å². The Labute approximate surface area is 191 Å². The number of hydrogen-bond acceptors (Lipinski definition) is 0. The van der Waals surface area contributed by atoms with E-state index in [2.05, 4.69) is 111 Å². The summed E-state index contributed by atoms with van der Waals surface area (Å²) in [6.45, 7) is 43.3. The van der Waals surface area contributed by atoms with E-state index in [0.717, 1.165) is 9.07 Å².